The van der Waals surface area contributed by atoms with E-state index >= 15 is 0 Å². The van der Waals surface area contributed by atoms with Crippen LogP contribution in [0.1, 0.15) is 31.4 Å². The normalized spacial score (nSPS) is 12.2. The highest BCUT2D eigenvalue weighted by Crippen LogP contribution is 2.27. The largest absolute Gasteiger partial charge is 0.496 e. The smallest absolute Gasteiger partial charge is 0.261 e. The molecule has 0 bridgehead atoms. The van der Waals surface area contributed by atoms with Gasteiger partial charge in [-0.25, -0.2) is 0 Å². The number of nitrogens with one attached hydrogen (secondary N) is 1. The Kier molecular flexibility index (Phi) is 10.8. The number of carbonyl (C=O) groups excluding carboxylic acids is 2. The van der Waals surface area contributed by atoms with Crippen LogP contribution in [0.25, 0.3) is 0 Å². The van der Waals surface area contributed by atoms with E-state index in [0.717, 1.165) is 17.5 Å². The van der Waals surface area contributed by atoms with Gasteiger partial charge in [-0.15, -0.1) is 0 Å². The van der Waals surface area contributed by atoms with Crippen molar-refractivity contribution < 1.29 is 23.8 Å². The SMILES string of the molecule is CC[C@H](C)NC(=O)[C@H](Cc1ccccc1)N(Cc1ccc(Cl)cc1)C(=O)COc1cc(OC)cc(OC)c1. The van der Waals surface area contributed by atoms with Crippen molar-refractivity contribution in [2.45, 2.75) is 45.3 Å². The third-order valence-electron chi connectivity index (χ3n) is 6.23. The highest BCUT2D eigenvalue weighted by atomic mass is 35.5. The second kappa shape index (κ2) is 14.3. The lowest BCUT2D eigenvalue weighted by molar-refractivity contribution is -0.143. The lowest BCUT2D eigenvalue weighted by atomic mass is 10.0. The van der Waals surface area contributed by atoms with Crippen molar-refractivity contribution in [3.63, 3.8) is 0 Å². The molecule has 0 radical (unpaired) electrons. The van der Waals surface area contributed by atoms with E-state index in [2.05, 4.69) is 5.32 Å². The van der Waals surface area contributed by atoms with Crippen LogP contribution in [-0.4, -0.2) is 49.6 Å². The minimum absolute atomic E-state index is 0.0336. The number of benzene rings is 3. The Morgan fingerprint density at radius 3 is 2.08 bits per heavy atom. The predicted octanol–water partition coefficient (Wildman–Crippen LogP) is 5.29. The van der Waals surface area contributed by atoms with Crippen LogP contribution in [0.3, 0.4) is 0 Å². The quantitative estimate of drug-likeness (QED) is 0.320. The van der Waals surface area contributed by atoms with Crippen LogP contribution in [0.15, 0.2) is 72.8 Å². The van der Waals surface area contributed by atoms with Gasteiger partial charge in [0.25, 0.3) is 5.91 Å². The van der Waals surface area contributed by atoms with Gasteiger partial charge in [-0.1, -0.05) is 61.0 Å². The Hall–Kier alpha value is -3.71. The minimum atomic E-state index is -0.752. The topological polar surface area (TPSA) is 77.1 Å². The molecule has 0 aliphatic rings. The van der Waals surface area contributed by atoms with E-state index in [-0.39, 0.29) is 31.0 Å². The molecule has 0 aliphatic carbocycles. The number of methoxy groups -OCH3 is 2. The molecule has 1 N–H and O–H groups in total. The van der Waals surface area contributed by atoms with Gasteiger partial charge < -0.3 is 24.4 Å². The molecule has 0 saturated heterocycles. The molecule has 0 heterocycles. The maximum absolute atomic E-state index is 13.7. The van der Waals surface area contributed by atoms with Crippen molar-refractivity contribution in [2.75, 3.05) is 20.8 Å². The summed E-state index contributed by atoms with van der Waals surface area (Å²) < 4.78 is 16.5. The summed E-state index contributed by atoms with van der Waals surface area (Å²) in [5, 5.41) is 3.65. The Bertz CT molecular complexity index is 1160. The molecule has 0 aliphatic heterocycles. The molecule has 0 aromatic heterocycles. The molecule has 3 aromatic rings. The Morgan fingerprint density at radius 1 is 0.895 bits per heavy atom. The number of halogens is 1. The van der Waals surface area contributed by atoms with Gasteiger partial charge in [0.2, 0.25) is 5.91 Å². The number of ether oxygens (including phenoxy) is 3. The first-order valence-corrected chi connectivity index (χ1v) is 12.9. The number of hydrogen-bond donors (Lipinski definition) is 1. The average Bonchev–Trinajstić information content (AvgIpc) is 2.94. The van der Waals surface area contributed by atoms with Crippen LogP contribution in [0, 0.1) is 0 Å². The fourth-order valence-electron chi connectivity index (χ4n) is 3.87. The number of carbonyl (C=O) groups is 2. The van der Waals surface area contributed by atoms with Gasteiger partial charge in [0.15, 0.2) is 6.61 Å². The first-order chi connectivity index (χ1) is 18.3. The molecule has 0 saturated carbocycles. The van der Waals surface area contributed by atoms with Gasteiger partial charge in [-0.05, 0) is 36.6 Å². The molecular formula is C30H35ClN2O5. The zero-order valence-electron chi connectivity index (χ0n) is 22.3. The van der Waals surface area contributed by atoms with E-state index in [9.17, 15) is 9.59 Å². The summed E-state index contributed by atoms with van der Waals surface area (Å²) in [6, 6.07) is 21.2. The summed E-state index contributed by atoms with van der Waals surface area (Å²) >= 11 is 6.09. The van der Waals surface area contributed by atoms with Crippen LogP contribution in [0.5, 0.6) is 17.2 Å². The summed E-state index contributed by atoms with van der Waals surface area (Å²) in [7, 11) is 3.09. The van der Waals surface area contributed by atoms with Crippen LogP contribution in [0.4, 0.5) is 0 Å². The summed E-state index contributed by atoms with van der Waals surface area (Å²) in [6.45, 7) is 3.89. The van der Waals surface area contributed by atoms with Gasteiger partial charge in [-0.2, -0.15) is 0 Å². The zero-order valence-corrected chi connectivity index (χ0v) is 23.0. The predicted molar refractivity (Wildman–Crippen MR) is 149 cm³/mol. The van der Waals surface area contributed by atoms with E-state index in [1.807, 2.05) is 56.3 Å². The fourth-order valence-corrected chi connectivity index (χ4v) is 4.00. The van der Waals surface area contributed by atoms with E-state index in [4.69, 9.17) is 25.8 Å². The maximum Gasteiger partial charge on any atom is 0.261 e. The van der Waals surface area contributed by atoms with Gasteiger partial charge in [-0.3, -0.25) is 9.59 Å². The molecule has 0 fully saturated rings. The molecular weight excluding hydrogens is 504 g/mol. The molecule has 38 heavy (non-hydrogen) atoms. The van der Waals surface area contributed by atoms with Gasteiger partial charge in [0.05, 0.1) is 14.2 Å². The van der Waals surface area contributed by atoms with Crippen LogP contribution < -0.4 is 19.5 Å². The second-order valence-corrected chi connectivity index (χ2v) is 9.44. The van der Waals surface area contributed by atoms with Gasteiger partial charge in [0.1, 0.15) is 23.3 Å². The van der Waals surface area contributed by atoms with Crippen molar-refractivity contribution in [3.05, 3.63) is 88.9 Å². The van der Waals surface area contributed by atoms with Crippen molar-refractivity contribution in [1.29, 1.82) is 0 Å². The van der Waals surface area contributed by atoms with E-state index < -0.39 is 6.04 Å². The Balaban J connectivity index is 1.92. The highest BCUT2D eigenvalue weighted by molar-refractivity contribution is 6.30. The highest BCUT2D eigenvalue weighted by Gasteiger charge is 2.31. The van der Waals surface area contributed by atoms with Gasteiger partial charge in [0, 0.05) is 42.2 Å². The van der Waals surface area contributed by atoms with Crippen molar-refractivity contribution in [1.82, 2.24) is 10.2 Å². The molecule has 2 amide bonds. The average molecular weight is 539 g/mol. The number of hydrogen-bond acceptors (Lipinski definition) is 5. The third kappa shape index (κ3) is 8.42. The first-order valence-electron chi connectivity index (χ1n) is 12.6. The molecule has 3 aromatic carbocycles. The van der Waals surface area contributed by atoms with Crippen molar-refractivity contribution in [2.24, 2.45) is 0 Å². The molecule has 0 unspecified atom stereocenters. The Labute approximate surface area is 229 Å². The first kappa shape index (κ1) is 28.9. The lowest BCUT2D eigenvalue weighted by Crippen LogP contribution is -2.53. The second-order valence-electron chi connectivity index (χ2n) is 9.01. The van der Waals surface area contributed by atoms with E-state index in [1.165, 1.54) is 0 Å². The molecule has 202 valence electrons. The van der Waals surface area contributed by atoms with Crippen LogP contribution in [-0.2, 0) is 22.6 Å². The molecule has 8 heteroatoms. The van der Waals surface area contributed by atoms with Crippen LogP contribution >= 0.6 is 11.6 Å². The molecule has 3 rings (SSSR count). The van der Waals surface area contributed by atoms with Gasteiger partial charge >= 0.3 is 0 Å². The van der Waals surface area contributed by atoms with Crippen LogP contribution in [0.2, 0.25) is 5.02 Å². The molecule has 0 spiro atoms. The summed E-state index contributed by atoms with van der Waals surface area (Å²) in [4.78, 5) is 28.8. The summed E-state index contributed by atoms with van der Waals surface area (Å²) in [5.41, 5.74) is 1.80. The minimum Gasteiger partial charge on any atom is -0.496 e. The van der Waals surface area contributed by atoms with E-state index in [1.54, 1.807) is 49.5 Å². The van der Waals surface area contributed by atoms with Crippen molar-refractivity contribution in [3.8, 4) is 17.2 Å². The lowest BCUT2D eigenvalue weighted by Gasteiger charge is -2.32. The standard InChI is InChI=1S/C30H35ClN2O5/c1-5-21(2)32-30(35)28(15-22-9-7-6-8-10-22)33(19-23-11-13-24(31)14-12-23)29(34)20-38-27-17-25(36-3)16-26(18-27)37-4/h6-14,16-18,21,28H,5,15,19-20H2,1-4H3,(H,32,35)/t21-,28-/m0/s1. The number of rotatable bonds is 13. The fraction of sp³-hybridized carbons (Fsp3) is 0.333. The summed E-state index contributed by atoms with van der Waals surface area (Å²) in [5.74, 6) is 0.958. The maximum atomic E-state index is 13.7. The van der Waals surface area contributed by atoms with Crippen molar-refractivity contribution >= 4 is 23.4 Å². The molecule has 2 atom stereocenters. The van der Waals surface area contributed by atoms with E-state index in [0.29, 0.717) is 28.7 Å². The Morgan fingerprint density at radius 2 is 1.50 bits per heavy atom. The number of amides is 2. The monoisotopic (exact) mass is 538 g/mol. The number of nitrogens with zero attached hydrogens (tertiary/aromatic N) is 1. The third-order valence-corrected chi connectivity index (χ3v) is 6.48. The summed E-state index contributed by atoms with van der Waals surface area (Å²) in [6.07, 6.45) is 1.13. The zero-order chi connectivity index (χ0) is 27.5. The molecule has 7 nitrogen and oxygen atoms in total.